The van der Waals surface area contributed by atoms with Crippen LogP contribution in [0.25, 0.3) is 16.7 Å². The maximum absolute atomic E-state index is 6.04. The van der Waals surface area contributed by atoms with Crippen LogP contribution in [0, 0.1) is 6.92 Å². The number of hydrogen-bond donors (Lipinski definition) is 0. The molecule has 3 nitrogen and oxygen atoms in total. The van der Waals surface area contributed by atoms with Crippen LogP contribution in [0.1, 0.15) is 11.4 Å². The average molecular weight is 287 g/mol. The molecule has 0 atom stereocenters. The van der Waals surface area contributed by atoms with Crippen molar-refractivity contribution in [3.8, 4) is 11.4 Å². The van der Waals surface area contributed by atoms with E-state index in [2.05, 4.69) is 40.7 Å². The molecule has 3 rings (SSSR count). The number of alkyl halides is 1. The molecule has 0 amide bonds. The van der Waals surface area contributed by atoms with E-state index in [9.17, 15) is 0 Å². The van der Waals surface area contributed by atoms with Gasteiger partial charge in [-0.1, -0.05) is 17.7 Å². The average Bonchev–Trinajstić information content (AvgIpc) is 2.85. The zero-order valence-electron chi connectivity index (χ0n) is 11.4. The van der Waals surface area contributed by atoms with Crippen molar-refractivity contribution in [2.24, 2.45) is 0 Å². The van der Waals surface area contributed by atoms with Gasteiger partial charge in [-0.15, -0.1) is 11.6 Å². The summed E-state index contributed by atoms with van der Waals surface area (Å²) < 4.78 is 7.33. The predicted molar refractivity (Wildman–Crippen MR) is 81.9 cm³/mol. The lowest BCUT2D eigenvalue weighted by molar-refractivity contribution is 0.415. The SMILES string of the molecule is COc1ccc2c(c1)nc(CCl)n2-c1ccc(C)cc1. The number of nitrogens with zero attached hydrogens (tertiary/aromatic N) is 2. The summed E-state index contributed by atoms with van der Waals surface area (Å²) in [4.78, 5) is 4.59. The fraction of sp³-hybridized carbons (Fsp3) is 0.188. The van der Waals surface area contributed by atoms with Crippen molar-refractivity contribution in [1.82, 2.24) is 9.55 Å². The van der Waals surface area contributed by atoms with Gasteiger partial charge < -0.3 is 4.74 Å². The molecule has 0 aliphatic heterocycles. The minimum Gasteiger partial charge on any atom is -0.497 e. The molecule has 102 valence electrons. The van der Waals surface area contributed by atoms with Gasteiger partial charge in [0, 0.05) is 11.8 Å². The lowest BCUT2D eigenvalue weighted by atomic mass is 10.2. The molecule has 0 saturated carbocycles. The van der Waals surface area contributed by atoms with Crippen LogP contribution in [0.2, 0.25) is 0 Å². The Labute approximate surface area is 122 Å². The van der Waals surface area contributed by atoms with Crippen molar-refractivity contribution in [3.63, 3.8) is 0 Å². The first kappa shape index (κ1) is 13.0. The van der Waals surface area contributed by atoms with Gasteiger partial charge in [0.25, 0.3) is 0 Å². The summed E-state index contributed by atoms with van der Waals surface area (Å²) in [7, 11) is 1.65. The van der Waals surface area contributed by atoms with Gasteiger partial charge in [-0.25, -0.2) is 4.98 Å². The van der Waals surface area contributed by atoms with Crippen LogP contribution in [0.5, 0.6) is 5.75 Å². The van der Waals surface area contributed by atoms with Gasteiger partial charge in [-0.2, -0.15) is 0 Å². The first-order valence-corrected chi connectivity index (χ1v) is 6.95. The number of fused-ring (bicyclic) bond motifs is 1. The quantitative estimate of drug-likeness (QED) is 0.678. The molecule has 0 spiro atoms. The summed E-state index contributed by atoms with van der Waals surface area (Å²) in [5.41, 5.74) is 4.22. The first-order valence-electron chi connectivity index (χ1n) is 6.41. The predicted octanol–water partition coefficient (Wildman–Crippen LogP) is 4.08. The number of aromatic nitrogens is 2. The molecule has 0 aliphatic carbocycles. The van der Waals surface area contributed by atoms with Gasteiger partial charge in [0.2, 0.25) is 0 Å². The van der Waals surface area contributed by atoms with Crippen LogP contribution in [0.3, 0.4) is 0 Å². The Balaban J connectivity index is 2.25. The van der Waals surface area contributed by atoms with Crippen LogP contribution in [0.4, 0.5) is 0 Å². The summed E-state index contributed by atoms with van der Waals surface area (Å²) in [6.45, 7) is 2.07. The Morgan fingerprint density at radius 3 is 2.55 bits per heavy atom. The fourth-order valence-corrected chi connectivity index (χ4v) is 2.49. The largest absolute Gasteiger partial charge is 0.497 e. The van der Waals surface area contributed by atoms with Crippen molar-refractivity contribution in [3.05, 3.63) is 53.9 Å². The molecule has 0 unspecified atom stereocenters. The zero-order valence-corrected chi connectivity index (χ0v) is 12.2. The normalized spacial score (nSPS) is 10.9. The summed E-state index contributed by atoms with van der Waals surface area (Å²) in [5, 5.41) is 0. The number of aryl methyl sites for hydroxylation is 1. The molecular formula is C16H15ClN2O. The summed E-state index contributed by atoms with van der Waals surface area (Å²) in [5.74, 6) is 2.00. The number of imidazole rings is 1. The fourth-order valence-electron chi connectivity index (χ4n) is 2.31. The molecule has 1 heterocycles. The van der Waals surface area contributed by atoms with Crippen LogP contribution in [-0.2, 0) is 5.88 Å². The second-order valence-corrected chi connectivity index (χ2v) is 4.95. The Morgan fingerprint density at radius 2 is 1.90 bits per heavy atom. The van der Waals surface area contributed by atoms with Gasteiger partial charge in [0.05, 0.1) is 24.0 Å². The summed E-state index contributed by atoms with van der Waals surface area (Å²) in [6, 6.07) is 14.2. The molecule has 0 N–H and O–H groups in total. The van der Waals surface area contributed by atoms with Crippen LogP contribution in [0.15, 0.2) is 42.5 Å². The molecule has 1 aromatic heterocycles. The van der Waals surface area contributed by atoms with E-state index in [0.717, 1.165) is 28.3 Å². The molecule has 0 radical (unpaired) electrons. The van der Waals surface area contributed by atoms with Crippen molar-refractivity contribution >= 4 is 22.6 Å². The lowest BCUT2D eigenvalue weighted by Crippen LogP contribution is -1.99. The molecule has 0 saturated heterocycles. The van der Waals surface area contributed by atoms with E-state index in [-0.39, 0.29) is 0 Å². The number of methoxy groups -OCH3 is 1. The maximum atomic E-state index is 6.04. The van der Waals surface area contributed by atoms with E-state index in [1.807, 2.05) is 18.2 Å². The molecule has 0 aliphatic rings. The van der Waals surface area contributed by atoms with Crippen molar-refractivity contribution in [2.45, 2.75) is 12.8 Å². The van der Waals surface area contributed by atoms with Gasteiger partial charge in [-0.3, -0.25) is 4.57 Å². The molecule has 0 fully saturated rings. The standard InChI is InChI=1S/C16H15ClN2O/c1-11-3-5-12(6-4-11)19-15-8-7-13(20-2)9-14(15)18-16(19)10-17/h3-9H,10H2,1-2H3. The number of halogens is 1. The third kappa shape index (κ3) is 2.14. The van der Waals surface area contributed by atoms with E-state index in [4.69, 9.17) is 16.3 Å². The number of rotatable bonds is 3. The molecule has 20 heavy (non-hydrogen) atoms. The van der Waals surface area contributed by atoms with Gasteiger partial charge >= 0.3 is 0 Å². The molecule has 2 aromatic carbocycles. The Bertz CT molecular complexity index is 747. The Morgan fingerprint density at radius 1 is 1.15 bits per heavy atom. The summed E-state index contributed by atoms with van der Waals surface area (Å²) >= 11 is 6.04. The van der Waals surface area contributed by atoms with E-state index in [1.54, 1.807) is 7.11 Å². The number of benzene rings is 2. The highest BCUT2D eigenvalue weighted by Crippen LogP contribution is 2.26. The Hall–Kier alpha value is -2.00. The Kier molecular flexibility index (Phi) is 3.36. The van der Waals surface area contributed by atoms with Gasteiger partial charge in [-0.05, 0) is 31.2 Å². The van der Waals surface area contributed by atoms with E-state index < -0.39 is 0 Å². The number of ether oxygens (including phenoxy) is 1. The third-order valence-corrected chi connectivity index (χ3v) is 3.58. The monoisotopic (exact) mass is 286 g/mol. The van der Waals surface area contributed by atoms with E-state index in [0.29, 0.717) is 5.88 Å². The first-order chi connectivity index (χ1) is 9.72. The minimum atomic E-state index is 0.366. The number of hydrogen-bond acceptors (Lipinski definition) is 2. The van der Waals surface area contributed by atoms with Crippen LogP contribution >= 0.6 is 11.6 Å². The molecular weight excluding hydrogens is 272 g/mol. The van der Waals surface area contributed by atoms with Crippen molar-refractivity contribution in [2.75, 3.05) is 7.11 Å². The van der Waals surface area contributed by atoms with E-state index in [1.165, 1.54) is 5.56 Å². The van der Waals surface area contributed by atoms with E-state index >= 15 is 0 Å². The third-order valence-electron chi connectivity index (χ3n) is 3.34. The molecule has 3 aromatic rings. The summed E-state index contributed by atoms with van der Waals surface area (Å²) in [6.07, 6.45) is 0. The topological polar surface area (TPSA) is 27.1 Å². The van der Waals surface area contributed by atoms with Gasteiger partial charge in [0.1, 0.15) is 11.6 Å². The molecule has 4 heteroatoms. The highest BCUT2D eigenvalue weighted by atomic mass is 35.5. The van der Waals surface area contributed by atoms with Crippen molar-refractivity contribution in [1.29, 1.82) is 0 Å². The second kappa shape index (κ2) is 5.17. The zero-order chi connectivity index (χ0) is 14.1. The van der Waals surface area contributed by atoms with Crippen molar-refractivity contribution < 1.29 is 4.74 Å². The van der Waals surface area contributed by atoms with Crippen LogP contribution < -0.4 is 4.74 Å². The smallest absolute Gasteiger partial charge is 0.129 e. The maximum Gasteiger partial charge on any atom is 0.129 e. The molecule has 0 bridgehead atoms. The highest BCUT2D eigenvalue weighted by molar-refractivity contribution is 6.17. The lowest BCUT2D eigenvalue weighted by Gasteiger charge is -2.08. The van der Waals surface area contributed by atoms with Gasteiger partial charge in [0.15, 0.2) is 0 Å². The van der Waals surface area contributed by atoms with Crippen LogP contribution in [-0.4, -0.2) is 16.7 Å². The highest BCUT2D eigenvalue weighted by Gasteiger charge is 2.12. The minimum absolute atomic E-state index is 0.366. The second-order valence-electron chi connectivity index (χ2n) is 4.69.